The summed E-state index contributed by atoms with van der Waals surface area (Å²) in [4.78, 5) is 38.4. The summed E-state index contributed by atoms with van der Waals surface area (Å²) in [6.45, 7) is 2.19. The van der Waals surface area contributed by atoms with E-state index >= 15 is 0 Å². The van der Waals surface area contributed by atoms with E-state index in [4.69, 9.17) is 4.42 Å². The van der Waals surface area contributed by atoms with Crippen molar-refractivity contribution in [2.24, 2.45) is 7.05 Å². The van der Waals surface area contributed by atoms with Gasteiger partial charge in [-0.1, -0.05) is 42.1 Å². The SMILES string of the molecule is Cc1[nH]c(=O)n(C)c(=O)c1Cc1nnc(SCC(=O)NCCc2ccccc2)o1. The van der Waals surface area contributed by atoms with Gasteiger partial charge in [-0.2, -0.15) is 0 Å². The van der Waals surface area contributed by atoms with Crippen molar-refractivity contribution < 1.29 is 9.21 Å². The van der Waals surface area contributed by atoms with Crippen LogP contribution in [0.1, 0.15) is 22.7 Å². The van der Waals surface area contributed by atoms with Crippen molar-refractivity contribution in [1.29, 1.82) is 0 Å². The first kappa shape index (κ1) is 20.6. The predicted octanol–water partition coefficient (Wildman–Crippen LogP) is 0.807. The number of hydrogen-bond acceptors (Lipinski definition) is 7. The number of benzene rings is 1. The molecule has 0 saturated heterocycles. The minimum atomic E-state index is -0.476. The van der Waals surface area contributed by atoms with Crippen molar-refractivity contribution >= 4 is 17.7 Å². The number of carbonyl (C=O) groups excluding carboxylic acids is 1. The summed E-state index contributed by atoms with van der Waals surface area (Å²) in [5, 5.41) is 10.9. The van der Waals surface area contributed by atoms with E-state index in [0.717, 1.165) is 28.3 Å². The molecule has 3 aromatic rings. The molecule has 0 atom stereocenters. The lowest BCUT2D eigenvalue weighted by molar-refractivity contribution is -0.118. The largest absolute Gasteiger partial charge is 0.416 e. The molecular weight excluding hydrogens is 394 g/mol. The number of H-pyrrole nitrogens is 1. The van der Waals surface area contributed by atoms with Crippen molar-refractivity contribution in [3.05, 3.63) is 73.9 Å². The lowest BCUT2D eigenvalue weighted by Gasteiger charge is -2.04. The second-order valence-electron chi connectivity index (χ2n) is 6.41. The number of aromatic nitrogens is 4. The summed E-state index contributed by atoms with van der Waals surface area (Å²) in [6, 6.07) is 9.90. The van der Waals surface area contributed by atoms with Gasteiger partial charge in [0.2, 0.25) is 11.8 Å². The van der Waals surface area contributed by atoms with Gasteiger partial charge in [-0.25, -0.2) is 4.79 Å². The summed E-state index contributed by atoms with van der Waals surface area (Å²) in [5.74, 6) is 0.260. The Bertz CT molecular complexity index is 1100. The molecule has 9 nitrogen and oxygen atoms in total. The average Bonchev–Trinajstić information content (AvgIpc) is 3.16. The van der Waals surface area contributed by atoms with E-state index in [2.05, 4.69) is 20.5 Å². The highest BCUT2D eigenvalue weighted by Gasteiger charge is 2.15. The maximum absolute atomic E-state index is 12.2. The quantitative estimate of drug-likeness (QED) is 0.522. The molecule has 0 aliphatic rings. The van der Waals surface area contributed by atoms with Crippen LogP contribution in [0.5, 0.6) is 0 Å². The van der Waals surface area contributed by atoms with Crippen molar-refractivity contribution in [3.63, 3.8) is 0 Å². The zero-order chi connectivity index (χ0) is 20.8. The molecule has 0 fully saturated rings. The molecule has 0 radical (unpaired) electrons. The molecule has 3 rings (SSSR count). The summed E-state index contributed by atoms with van der Waals surface area (Å²) in [7, 11) is 1.40. The number of rotatable bonds is 8. The molecule has 10 heteroatoms. The maximum Gasteiger partial charge on any atom is 0.328 e. The maximum atomic E-state index is 12.2. The molecule has 0 aliphatic heterocycles. The Kier molecular flexibility index (Phi) is 6.65. The molecule has 152 valence electrons. The molecule has 29 heavy (non-hydrogen) atoms. The molecule has 0 bridgehead atoms. The summed E-state index contributed by atoms with van der Waals surface area (Å²) in [5.41, 5.74) is 1.12. The van der Waals surface area contributed by atoms with Crippen molar-refractivity contribution in [1.82, 2.24) is 25.1 Å². The third-order valence-corrected chi connectivity index (χ3v) is 5.11. The number of thioether (sulfide) groups is 1. The third-order valence-electron chi connectivity index (χ3n) is 4.30. The highest BCUT2D eigenvalue weighted by Crippen LogP contribution is 2.17. The van der Waals surface area contributed by atoms with E-state index in [1.54, 1.807) is 6.92 Å². The normalized spacial score (nSPS) is 10.8. The molecule has 0 aliphatic carbocycles. The fourth-order valence-corrected chi connectivity index (χ4v) is 3.28. The van der Waals surface area contributed by atoms with Crippen LogP contribution in [-0.4, -0.2) is 38.0 Å². The van der Waals surface area contributed by atoms with Gasteiger partial charge < -0.3 is 14.7 Å². The van der Waals surface area contributed by atoms with Crippen LogP contribution in [0.2, 0.25) is 0 Å². The first-order valence-electron chi connectivity index (χ1n) is 8.98. The Hall–Kier alpha value is -3.14. The Morgan fingerprint density at radius 2 is 2.00 bits per heavy atom. The number of nitrogens with one attached hydrogen (secondary N) is 2. The van der Waals surface area contributed by atoms with Gasteiger partial charge in [0.25, 0.3) is 10.8 Å². The highest BCUT2D eigenvalue weighted by molar-refractivity contribution is 7.99. The zero-order valence-corrected chi connectivity index (χ0v) is 16.9. The van der Waals surface area contributed by atoms with Crippen LogP contribution in [-0.2, 0) is 24.7 Å². The number of aromatic amines is 1. The van der Waals surface area contributed by atoms with Crippen LogP contribution in [0, 0.1) is 6.92 Å². The highest BCUT2D eigenvalue weighted by atomic mass is 32.2. The molecule has 1 amide bonds. The van der Waals surface area contributed by atoms with Crippen molar-refractivity contribution in [3.8, 4) is 0 Å². The number of hydrogen-bond donors (Lipinski definition) is 2. The van der Waals surface area contributed by atoms with E-state index in [-0.39, 0.29) is 29.2 Å². The van der Waals surface area contributed by atoms with Crippen LogP contribution < -0.4 is 16.6 Å². The summed E-state index contributed by atoms with van der Waals surface area (Å²) >= 11 is 1.13. The third kappa shape index (κ3) is 5.44. The smallest absolute Gasteiger partial charge is 0.328 e. The van der Waals surface area contributed by atoms with Crippen LogP contribution in [0.4, 0.5) is 0 Å². The molecular formula is C19H21N5O4S. The van der Waals surface area contributed by atoms with Gasteiger partial charge in [-0.15, -0.1) is 10.2 Å². The second kappa shape index (κ2) is 9.37. The molecule has 0 saturated carbocycles. The molecule has 2 aromatic heterocycles. The Balaban J connectivity index is 1.51. The lowest BCUT2D eigenvalue weighted by atomic mass is 10.1. The van der Waals surface area contributed by atoms with Crippen molar-refractivity contribution in [2.75, 3.05) is 12.3 Å². The molecule has 0 unspecified atom stereocenters. The van der Waals surface area contributed by atoms with Gasteiger partial charge in [0.05, 0.1) is 12.2 Å². The summed E-state index contributed by atoms with van der Waals surface area (Å²) in [6.07, 6.45) is 0.863. The number of aryl methyl sites for hydroxylation is 1. The first-order chi connectivity index (χ1) is 13.9. The van der Waals surface area contributed by atoms with Gasteiger partial charge >= 0.3 is 5.69 Å². The predicted molar refractivity (Wildman–Crippen MR) is 108 cm³/mol. The van der Waals surface area contributed by atoms with Gasteiger partial charge in [-0.3, -0.25) is 14.2 Å². The summed E-state index contributed by atoms with van der Waals surface area (Å²) < 4.78 is 6.51. The van der Waals surface area contributed by atoms with Crippen LogP contribution in [0.3, 0.4) is 0 Å². The minimum absolute atomic E-state index is 0.103. The van der Waals surface area contributed by atoms with E-state index in [9.17, 15) is 14.4 Å². The zero-order valence-electron chi connectivity index (χ0n) is 16.1. The minimum Gasteiger partial charge on any atom is -0.416 e. The monoisotopic (exact) mass is 415 g/mol. The lowest BCUT2D eigenvalue weighted by Crippen LogP contribution is -2.36. The number of amides is 1. The standard InChI is InChI=1S/C19H21N5O4S/c1-12-14(17(26)24(2)18(27)21-12)10-16-22-23-19(28-16)29-11-15(25)20-9-8-13-6-4-3-5-7-13/h3-7H,8-11H2,1-2H3,(H,20,25)(H,21,27). The molecule has 2 N–H and O–H groups in total. The molecule has 0 spiro atoms. The fraction of sp³-hybridized carbons (Fsp3) is 0.316. The van der Waals surface area contributed by atoms with E-state index in [0.29, 0.717) is 17.8 Å². The fourth-order valence-electron chi connectivity index (χ4n) is 2.67. The van der Waals surface area contributed by atoms with Gasteiger partial charge in [0.15, 0.2) is 0 Å². The Morgan fingerprint density at radius 1 is 1.24 bits per heavy atom. The number of carbonyl (C=O) groups is 1. The van der Waals surface area contributed by atoms with E-state index < -0.39 is 11.2 Å². The topological polar surface area (TPSA) is 123 Å². The van der Waals surface area contributed by atoms with Crippen LogP contribution in [0.25, 0.3) is 0 Å². The van der Waals surface area contributed by atoms with Gasteiger partial charge in [0.1, 0.15) is 0 Å². The van der Waals surface area contributed by atoms with E-state index in [1.165, 1.54) is 7.05 Å². The molecule has 2 heterocycles. The average molecular weight is 415 g/mol. The Labute approximate surface area is 170 Å². The second-order valence-corrected chi connectivity index (χ2v) is 7.34. The van der Waals surface area contributed by atoms with Crippen LogP contribution in [0.15, 0.2) is 49.6 Å². The number of nitrogens with zero attached hydrogens (tertiary/aromatic N) is 3. The van der Waals surface area contributed by atoms with Crippen LogP contribution >= 0.6 is 11.8 Å². The molecule has 1 aromatic carbocycles. The Morgan fingerprint density at radius 3 is 2.76 bits per heavy atom. The van der Waals surface area contributed by atoms with E-state index in [1.807, 2.05) is 30.3 Å². The van der Waals surface area contributed by atoms with Gasteiger partial charge in [-0.05, 0) is 18.9 Å². The van der Waals surface area contributed by atoms with Crippen molar-refractivity contribution in [2.45, 2.75) is 25.0 Å². The first-order valence-corrected chi connectivity index (χ1v) is 9.97. The van der Waals surface area contributed by atoms with Gasteiger partial charge in [0, 0.05) is 24.8 Å².